The number of aromatic amines is 1. The van der Waals surface area contributed by atoms with Crippen molar-refractivity contribution in [1.29, 1.82) is 0 Å². The molecular weight excluding hydrogens is 304 g/mol. The second-order valence-electron chi connectivity index (χ2n) is 6.05. The molecule has 128 valence electrons. The van der Waals surface area contributed by atoms with Gasteiger partial charge in [0.2, 0.25) is 5.91 Å². The summed E-state index contributed by atoms with van der Waals surface area (Å²) in [5, 5.41) is 6.72. The summed E-state index contributed by atoms with van der Waals surface area (Å²) < 4.78 is 0. The zero-order chi connectivity index (χ0) is 16.8. The van der Waals surface area contributed by atoms with Crippen LogP contribution in [0.3, 0.4) is 0 Å². The smallest absolute Gasteiger partial charge is 0.222 e. The van der Waals surface area contributed by atoms with Gasteiger partial charge in [-0.2, -0.15) is 5.10 Å². The van der Waals surface area contributed by atoms with Gasteiger partial charge in [-0.05, 0) is 24.8 Å². The number of piperazine rings is 1. The number of H-pyrrole nitrogens is 1. The number of carbonyl (C=O) groups is 1. The Morgan fingerprint density at radius 3 is 2.79 bits per heavy atom. The summed E-state index contributed by atoms with van der Waals surface area (Å²) in [5.74, 6) is 1.21. The lowest BCUT2D eigenvalue weighted by molar-refractivity contribution is -0.131. The highest BCUT2D eigenvalue weighted by Gasteiger charge is 2.21. The van der Waals surface area contributed by atoms with Gasteiger partial charge in [0.1, 0.15) is 12.1 Å². The molecule has 3 heterocycles. The molecule has 2 aromatic rings. The first-order valence-corrected chi connectivity index (χ1v) is 8.57. The Kier molecular flexibility index (Phi) is 5.40. The fourth-order valence-electron chi connectivity index (χ4n) is 2.95. The van der Waals surface area contributed by atoms with Crippen molar-refractivity contribution >= 4 is 11.7 Å². The van der Waals surface area contributed by atoms with Crippen LogP contribution in [0, 0.1) is 0 Å². The van der Waals surface area contributed by atoms with E-state index in [1.807, 2.05) is 23.4 Å². The van der Waals surface area contributed by atoms with E-state index in [0.717, 1.165) is 62.5 Å². The summed E-state index contributed by atoms with van der Waals surface area (Å²) in [6.07, 6.45) is 8.59. The van der Waals surface area contributed by atoms with Crippen LogP contribution in [0.2, 0.25) is 0 Å². The van der Waals surface area contributed by atoms with E-state index in [2.05, 4.69) is 32.0 Å². The first kappa shape index (κ1) is 16.4. The second kappa shape index (κ2) is 7.90. The number of aromatic nitrogens is 4. The molecule has 0 aliphatic carbocycles. The molecule has 1 N–H and O–H groups in total. The third-order valence-corrected chi connectivity index (χ3v) is 4.44. The molecule has 0 saturated carbocycles. The largest absolute Gasteiger partial charge is 0.353 e. The number of amides is 1. The zero-order valence-electron chi connectivity index (χ0n) is 14.1. The fraction of sp³-hybridized carbons (Fsp3) is 0.529. The molecule has 1 amide bonds. The van der Waals surface area contributed by atoms with E-state index in [4.69, 9.17) is 0 Å². The van der Waals surface area contributed by atoms with Gasteiger partial charge < -0.3 is 9.80 Å². The van der Waals surface area contributed by atoms with Crippen molar-refractivity contribution in [2.45, 2.75) is 32.6 Å². The van der Waals surface area contributed by atoms with Crippen molar-refractivity contribution in [2.24, 2.45) is 0 Å². The summed E-state index contributed by atoms with van der Waals surface area (Å²) in [5.41, 5.74) is 2.21. The molecule has 1 saturated heterocycles. The lowest BCUT2D eigenvalue weighted by Crippen LogP contribution is -2.49. The number of carbonyl (C=O) groups excluding carboxylic acids is 1. The molecule has 1 aliphatic heterocycles. The highest BCUT2D eigenvalue weighted by molar-refractivity contribution is 5.76. The maximum absolute atomic E-state index is 12.3. The predicted octanol–water partition coefficient (Wildman–Crippen LogP) is 1.43. The summed E-state index contributed by atoms with van der Waals surface area (Å²) in [4.78, 5) is 25.1. The Morgan fingerprint density at radius 1 is 1.25 bits per heavy atom. The first-order valence-electron chi connectivity index (χ1n) is 8.57. The van der Waals surface area contributed by atoms with Crippen LogP contribution >= 0.6 is 0 Å². The minimum atomic E-state index is 0.245. The summed E-state index contributed by atoms with van der Waals surface area (Å²) in [6, 6.07) is 2.04. The van der Waals surface area contributed by atoms with Gasteiger partial charge in [-0.15, -0.1) is 0 Å². The number of hydrogen-bond donors (Lipinski definition) is 1. The molecule has 24 heavy (non-hydrogen) atoms. The quantitative estimate of drug-likeness (QED) is 0.868. The minimum Gasteiger partial charge on any atom is -0.353 e. The average molecular weight is 328 g/mol. The van der Waals surface area contributed by atoms with E-state index in [1.165, 1.54) is 0 Å². The first-order chi connectivity index (χ1) is 11.8. The normalized spacial score (nSPS) is 14.9. The lowest BCUT2D eigenvalue weighted by Gasteiger charge is -2.35. The van der Waals surface area contributed by atoms with Crippen LogP contribution in [0.1, 0.15) is 31.0 Å². The molecule has 2 aromatic heterocycles. The molecule has 0 atom stereocenters. The lowest BCUT2D eigenvalue weighted by atomic mass is 10.1. The second-order valence-corrected chi connectivity index (χ2v) is 6.05. The van der Waals surface area contributed by atoms with Gasteiger partial charge in [0.25, 0.3) is 0 Å². The van der Waals surface area contributed by atoms with Gasteiger partial charge in [0.15, 0.2) is 0 Å². The highest BCUT2D eigenvalue weighted by Crippen LogP contribution is 2.15. The van der Waals surface area contributed by atoms with Crippen LogP contribution in [0.15, 0.2) is 24.8 Å². The topological polar surface area (TPSA) is 78.0 Å². The average Bonchev–Trinajstić information content (AvgIpc) is 3.15. The van der Waals surface area contributed by atoms with Gasteiger partial charge >= 0.3 is 0 Å². The standard InChI is InChI=1S/C17H24N6O/c1-2-15-10-16(19-13-18-15)22-6-8-23(9-7-22)17(24)5-3-4-14-11-20-21-12-14/h10-13H,2-9H2,1H3,(H,20,21). The van der Waals surface area contributed by atoms with Crippen LogP contribution in [-0.4, -0.2) is 57.2 Å². The van der Waals surface area contributed by atoms with Crippen molar-refractivity contribution in [3.8, 4) is 0 Å². The van der Waals surface area contributed by atoms with E-state index in [0.29, 0.717) is 6.42 Å². The van der Waals surface area contributed by atoms with Crippen molar-refractivity contribution in [3.63, 3.8) is 0 Å². The molecule has 0 spiro atoms. The Balaban J connectivity index is 1.44. The van der Waals surface area contributed by atoms with E-state index in [-0.39, 0.29) is 5.91 Å². The maximum atomic E-state index is 12.3. The van der Waals surface area contributed by atoms with Crippen LogP contribution < -0.4 is 4.90 Å². The van der Waals surface area contributed by atoms with Crippen LogP contribution in [0.5, 0.6) is 0 Å². The molecule has 7 heteroatoms. The predicted molar refractivity (Wildman–Crippen MR) is 91.7 cm³/mol. The molecular formula is C17H24N6O. The molecule has 0 radical (unpaired) electrons. The minimum absolute atomic E-state index is 0.245. The van der Waals surface area contributed by atoms with Crippen molar-refractivity contribution in [1.82, 2.24) is 25.1 Å². The van der Waals surface area contributed by atoms with E-state index in [9.17, 15) is 4.79 Å². The van der Waals surface area contributed by atoms with Crippen LogP contribution in [0.25, 0.3) is 0 Å². The van der Waals surface area contributed by atoms with Gasteiger partial charge in [-0.25, -0.2) is 9.97 Å². The fourth-order valence-corrected chi connectivity index (χ4v) is 2.95. The maximum Gasteiger partial charge on any atom is 0.222 e. The molecule has 7 nitrogen and oxygen atoms in total. The molecule has 0 unspecified atom stereocenters. The summed E-state index contributed by atoms with van der Waals surface area (Å²) in [6.45, 7) is 5.26. The highest BCUT2D eigenvalue weighted by atomic mass is 16.2. The Morgan fingerprint density at radius 2 is 2.08 bits per heavy atom. The number of anilines is 1. The van der Waals surface area contributed by atoms with Gasteiger partial charge in [0.05, 0.1) is 6.20 Å². The summed E-state index contributed by atoms with van der Waals surface area (Å²) >= 11 is 0. The SMILES string of the molecule is CCc1cc(N2CCN(C(=O)CCCc3cn[nH]c3)CC2)ncn1. The molecule has 3 rings (SSSR count). The van der Waals surface area contributed by atoms with E-state index >= 15 is 0 Å². The van der Waals surface area contributed by atoms with Crippen molar-refractivity contribution in [2.75, 3.05) is 31.1 Å². The number of rotatable bonds is 6. The van der Waals surface area contributed by atoms with Gasteiger partial charge in [-0.3, -0.25) is 9.89 Å². The molecule has 0 bridgehead atoms. The van der Waals surface area contributed by atoms with Crippen molar-refractivity contribution in [3.05, 3.63) is 36.0 Å². The van der Waals surface area contributed by atoms with Gasteiger partial charge in [0, 0.05) is 50.6 Å². The van der Waals surface area contributed by atoms with Crippen LogP contribution in [-0.2, 0) is 17.6 Å². The Hall–Kier alpha value is -2.44. The number of nitrogens with one attached hydrogen (secondary N) is 1. The third-order valence-electron chi connectivity index (χ3n) is 4.44. The number of hydrogen-bond acceptors (Lipinski definition) is 5. The molecule has 1 aliphatic rings. The number of aryl methyl sites for hydroxylation is 2. The molecule has 0 aromatic carbocycles. The molecule has 1 fully saturated rings. The number of nitrogens with zero attached hydrogens (tertiary/aromatic N) is 5. The van der Waals surface area contributed by atoms with E-state index < -0.39 is 0 Å². The Bertz CT molecular complexity index is 649. The van der Waals surface area contributed by atoms with E-state index in [1.54, 1.807) is 6.33 Å². The van der Waals surface area contributed by atoms with Gasteiger partial charge in [-0.1, -0.05) is 6.92 Å². The zero-order valence-corrected chi connectivity index (χ0v) is 14.1. The van der Waals surface area contributed by atoms with Crippen molar-refractivity contribution < 1.29 is 4.79 Å². The monoisotopic (exact) mass is 328 g/mol. The summed E-state index contributed by atoms with van der Waals surface area (Å²) in [7, 11) is 0. The Labute approximate surface area is 142 Å². The van der Waals surface area contributed by atoms with Crippen LogP contribution in [0.4, 0.5) is 5.82 Å². The third kappa shape index (κ3) is 4.10.